The Kier molecular flexibility index (Phi) is 4.80. The molecule has 0 spiro atoms. The van der Waals surface area contributed by atoms with Gasteiger partial charge in [0, 0.05) is 18.0 Å². The highest BCUT2D eigenvalue weighted by molar-refractivity contribution is 7.17. The summed E-state index contributed by atoms with van der Waals surface area (Å²) in [5.74, 6) is -0.767. The zero-order valence-electron chi connectivity index (χ0n) is 11.0. The lowest BCUT2D eigenvalue weighted by molar-refractivity contribution is 0.0517. The number of ether oxygens (including phenoxy) is 1. The van der Waals surface area contributed by atoms with Crippen LogP contribution >= 0.6 is 22.7 Å². The van der Waals surface area contributed by atoms with E-state index < -0.39 is 5.97 Å². The lowest BCUT2D eigenvalue weighted by atomic mass is 10.3. The van der Waals surface area contributed by atoms with Crippen LogP contribution in [0.3, 0.4) is 0 Å². The zero-order chi connectivity index (χ0) is 14.5. The van der Waals surface area contributed by atoms with Gasteiger partial charge in [-0.2, -0.15) is 0 Å². The molecular weight excluding hydrogens is 298 g/mol. The van der Waals surface area contributed by atoms with Gasteiger partial charge in [0.2, 0.25) is 0 Å². The van der Waals surface area contributed by atoms with E-state index in [1.807, 2.05) is 0 Å². The zero-order valence-corrected chi connectivity index (χ0v) is 12.6. The predicted molar refractivity (Wildman–Crippen MR) is 77.5 cm³/mol. The van der Waals surface area contributed by atoms with Gasteiger partial charge < -0.3 is 10.1 Å². The van der Waals surface area contributed by atoms with E-state index >= 15 is 0 Å². The predicted octanol–water partition coefficient (Wildman–Crippen LogP) is 2.59. The van der Waals surface area contributed by atoms with E-state index in [9.17, 15) is 9.59 Å². The summed E-state index contributed by atoms with van der Waals surface area (Å²) in [5, 5.41) is 3.60. The second kappa shape index (κ2) is 6.58. The molecule has 0 amide bonds. The summed E-state index contributed by atoms with van der Waals surface area (Å²) >= 11 is 2.67. The molecule has 2 heterocycles. The first-order valence-corrected chi connectivity index (χ1v) is 7.61. The Morgan fingerprint density at radius 3 is 2.85 bits per heavy atom. The number of nitrogens with zero attached hydrogens (tertiary/aromatic N) is 2. The topological polar surface area (TPSA) is 81.2 Å². The van der Waals surface area contributed by atoms with Crippen LogP contribution in [-0.4, -0.2) is 28.3 Å². The molecule has 0 aliphatic rings. The molecule has 0 saturated heterocycles. The fourth-order valence-corrected chi connectivity index (χ4v) is 2.84. The molecule has 106 valence electrons. The minimum atomic E-state index is -0.570. The van der Waals surface area contributed by atoms with Crippen molar-refractivity contribution in [3.05, 3.63) is 27.2 Å². The number of hydrogen-bond acceptors (Lipinski definition) is 8. The highest BCUT2D eigenvalue weighted by Gasteiger charge is 2.22. The van der Waals surface area contributed by atoms with E-state index in [2.05, 4.69) is 15.3 Å². The third kappa shape index (κ3) is 3.40. The molecule has 2 aromatic heterocycles. The number of carbonyl (C=O) groups is 2. The smallest absolute Gasteiger partial charge is 0.358 e. The van der Waals surface area contributed by atoms with E-state index in [4.69, 9.17) is 4.74 Å². The average Bonchev–Trinajstić information content (AvgIpc) is 3.06. The Morgan fingerprint density at radius 2 is 2.25 bits per heavy atom. The summed E-state index contributed by atoms with van der Waals surface area (Å²) in [6.07, 6.45) is 1.75. The minimum Gasteiger partial charge on any atom is -0.461 e. The number of thiazole rings is 2. The Bertz CT molecular complexity index is 608. The van der Waals surface area contributed by atoms with Gasteiger partial charge in [0.05, 0.1) is 18.7 Å². The van der Waals surface area contributed by atoms with Gasteiger partial charge in [-0.05, 0) is 6.92 Å². The van der Waals surface area contributed by atoms with Gasteiger partial charge in [-0.3, -0.25) is 9.78 Å². The molecule has 0 aromatic carbocycles. The van der Waals surface area contributed by atoms with Crippen LogP contribution in [0.1, 0.15) is 38.9 Å². The molecule has 20 heavy (non-hydrogen) atoms. The normalized spacial score (nSPS) is 10.3. The lowest BCUT2D eigenvalue weighted by Gasteiger charge is -1.99. The van der Waals surface area contributed by atoms with Crippen LogP contribution in [0.4, 0.5) is 5.13 Å². The molecule has 8 heteroatoms. The molecule has 2 aromatic rings. The number of esters is 1. The monoisotopic (exact) mass is 311 g/mol. The minimum absolute atomic E-state index is 0.0798. The van der Waals surface area contributed by atoms with Gasteiger partial charge in [0.15, 0.2) is 16.6 Å². The Morgan fingerprint density at radius 1 is 1.45 bits per heavy atom. The number of ketones is 1. The van der Waals surface area contributed by atoms with E-state index in [1.54, 1.807) is 18.6 Å². The quantitative estimate of drug-likeness (QED) is 0.652. The van der Waals surface area contributed by atoms with Crippen LogP contribution in [-0.2, 0) is 11.3 Å². The summed E-state index contributed by atoms with van der Waals surface area (Å²) in [7, 11) is 0. The number of rotatable bonds is 6. The van der Waals surface area contributed by atoms with Crippen molar-refractivity contribution in [3.8, 4) is 0 Å². The number of anilines is 1. The van der Waals surface area contributed by atoms with Gasteiger partial charge in [0.25, 0.3) is 0 Å². The number of Topliss-reactive ketones (excluding diaryl/α,β-unsaturated/α-hetero) is 1. The van der Waals surface area contributed by atoms with Crippen LogP contribution in [0.15, 0.2) is 11.7 Å². The highest BCUT2D eigenvalue weighted by Crippen LogP contribution is 2.25. The van der Waals surface area contributed by atoms with Crippen LogP contribution in [0.5, 0.6) is 0 Å². The third-order valence-electron chi connectivity index (χ3n) is 2.31. The molecule has 2 rings (SSSR count). The Labute approximate surface area is 123 Å². The van der Waals surface area contributed by atoms with Crippen molar-refractivity contribution in [2.75, 3.05) is 11.9 Å². The molecule has 0 unspecified atom stereocenters. The molecule has 0 aliphatic heterocycles. The average molecular weight is 311 g/mol. The number of aromatic nitrogens is 2. The molecular formula is C12H13N3O3S2. The summed E-state index contributed by atoms with van der Waals surface area (Å²) in [4.78, 5) is 32.8. The molecule has 1 N–H and O–H groups in total. The van der Waals surface area contributed by atoms with Gasteiger partial charge in [0.1, 0.15) is 4.88 Å². The summed E-state index contributed by atoms with van der Waals surface area (Å²) in [6, 6.07) is 0. The maximum Gasteiger partial charge on any atom is 0.358 e. The maximum absolute atomic E-state index is 11.8. The first-order valence-electron chi connectivity index (χ1n) is 5.92. The summed E-state index contributed by atoms with van der Waals surface area (Å²) in [6.45, 7) is 3.92. The largest absolute Gasteiger partial charge is 0.461 e. The number of hydrogen-bond donors (Lipinski definition) is 1. The van der Waals surface area contributed by atoms with E-state index in [0.29, 0.717) is 16.6 Å². The lowest BCUT2D eigenvalue weighted by Crippen LogP contribution is -2.09. The molecule has 0 bridgehead atoms. The van der Waals surface area contributed by atoms with E-state index in [-0.39, 0.29) is 18.1 Å². The first kappa shape index (κ1) is 14.6. The fraction of sp³-hybridized carbons (Fsp3) is 0.333. The first-order chi connectivity index (χ1) is 9.61. The number of carbonyl (C=O) groups excluding carboxylic acids is 2. The maximum atomic E-state index is 11.8. The van der Waals surface area contributed by atoms with Crippen molar-refractivity contribution in [1.82, 2.24) is 9.97 Å². The standard InChI is InChI=1S/C12H13N3O3S2/c1-3-18-11(17)9-10(7(2)16)20-12(15-9)14-5-8-4-13-6-19-8/h4,6H,3,5H2,1-2H3,(H,14,15). The molecule has 6 nitrogen and oxygen atoms in total. The molecule has 0 aliphatic carbocycles. The highest BCUT2D eigenvalue weighted by atomic mass is 32.1. The fourth-order valence-electron chi connectivity index (χ4n) is 1.46. The summed E-state index contributed by atoms with van der Waals surface area (Å²) in [5.41, 5.74) is 1.82. The van der Waals surface area contributed by atoms with Crippen molar-refractivity contribution < 1.29 is 14.3 Å². The second-order valence-corrected chi connectivity index (χ2v) is 5.76. The van der Waals surface area contributed by atoms with Gasteiger partial charge in [-0.15, -0.1) is 11.3 Å². The van der Waals surface area contributed by atoms with Crippen molar-refractivity contribution in [1.29, 1.82) is 0 Å². The summed E-state index contributed by atoms with van der Waals surface area (Å²) < 4.78 is 4.90. The van der Waals surface area contributed by atoms with Crippen molar-refractivity contribution in [2.45, 2.75) is 20.4 Å². The van der Waals surface area contributed by atoms with Gasteiger partial charge in [-0.1, -0.05) is 11.3 Å². The third-order valence-corrected chi connectivity index (χ3v) is 4.21. The molecule has 0 fully saturated rings. The van der Waals surface area contributed by atoms with Crippen LogP contribution in [0.25, 0.3) is 0 Å². The van der Waals surface area contributed by atoms with E-state index in [1.165, 1.54) is 18.3 Å². The molecule has 0 atom stereocenters. The van der Waals surface area contributed by atoms with Crippen molar-refractivity contribution >= 4 is 39.6 Å². The van der Waals surface area contributed by atoms with Crippen LogP contribution in [0, 0.1) is 0 Å². The van der Waals surface area contributed by atoms with Crippen LogP contribution < -0.4 is 5.32 Å². The number of nitrogens with one attached hydrogen (secondary N) is 1. The van der Waals surface area contributed by atoms with Crippen LogP contribution in [0.2, 0.25) is 0 Å². The molecule has 0 radical (unpaired) electrons. The van der Waals surface area contributed by atoms with Crippen molar-refractivity contribution in [2.24, 2.45) is 0 Å². The van der Waals surface area contributed by atoms with E-state index in [0.717, 1.165) is 16.2 Å². The van der Waals surface area contributed by atoms with Crippen molar-refractivity contribution in [3.63, 3.8) is 0 Å². The SMILES string of the molecule is CCOC(=O)c1nc(NCc2cncs2)sc1C(C)=O. The second-order valence-electron chi connectivity index (χ2n) is 3.79. The molecule has 0 saturated carbocycles. The van der Waals surface area contributed by atoms with Gasteiger partial charge >= 0.3 is 5.97 Å². The Balaban J connectivity index is 2.16. The Hall–Kier alpha value is -1.80. The van der Waals surface area contributed by atoms with Gasteiger partial charge in [-0.25, -0.2) is 9.78 Å².